The molecule has 0 bridgehead atoms. The maximum atomic E-state index is 11.0. The van der Waals surface area contributed by atoms with Crippen molar-refractivity contribution in [1.29, 1.82) is 0 Å². The lowest BCUT2D eigenvalue weighted by atomic mass is 10.0. The van der Waals surface area contributed by atoms with Gasteiger partial charge in [-0.3, -0.25) is 14.5 Å². The minimum absolute atomic E-state index is 0.250. The number of hydrogen-bond donors (Lipinski definition) is 3. The number of thiazole rings is 1. The number of carbonyl (C=O) groups excluding carboxylic acids is 1. The van der Waals surface area contributed by atoms with Gasteiger partial charge in [-0.15, -0.1) is 11.3 Å². The summed E-state index contributed by atoms with van der Waals surface area (Å²) in [4.78, 5) is 34.6. The number of nitrogens with two attached hydrogens (primary N) is 1. The van der Waals surface area contributed by atoms with E-state index in [1.54, 1.807) is 6.20 Å². The number of aromatic nitrogens is 3. The number of primary amides is 1. The predicted molar refractivity (Wildman–Crippen MR) is 93.9 cm³/mol. The van der Waals surface area contributed by atoms with E-state index in [0.29, 0.717) is 12.5 Å². The average molecular weight is 364 g/mol. The van der Waals surface area contributed by atoms with Gasteiger partial charge < -0.3 is 16.2 Å². The van der Waals surface area contributed by atoms with E-state index >= 15 is 0 Å². The van der Waals surface area contributed by atoms with Gasteiger partial charge in [0.2, 0.25) is 5.91 Å². The van der Waals surface area contributed by atoms with Gasteiger partial charge in [0.1, 0.15) is 11.6 Å². The first-order valence-electron chi connectivity index (χ1n) is 7.62. The summed E-state index contributed by atoms with van der Waals surface area (Å²) in [5.41, 5.74) is 6.26. The number of nitrogens with zero attached hydrogens (tertiary/aromatic N) is 4. The molecule has 1 aliphatic rings. The van der Waals surface area contributed by atoms with E-state index in [1.807, 2.05) is 18.4 Å². The van der Waals surface area contributed by atoms with Gasteiger partial charge >= 0.3 is 0 Å². The number of aryl methyl sites for hydroxylation is 1. The van der Waals surface area contributed by atoms with Crippen molar-refractivity contribution in [3.05, 3.63) is 29.2 Å². The second kappa shape index (κ2) is 9.04. The maximum Gasteiger partial charge on any atom is 0.290 e. The van der Waals surface area contributed by atoms with E-state index in [4.69, 9.17) is 15.6 Å². The summed E-state index contributed by atoms with van der Waals surface area (Å²) in [6, 6.07) is 1.97. The summed E-state index contributed by atoms with van der Waals surface area (Å²) in [6.07, 6.45) is 2.72. The number of likely N-dealkylation sites (tertiary alicyclic amines) is 1. The van der Waals surface area contributed by atoms with Crippen LogP contribution < -0.4 is 11.1 Å². The van der Waals surface area contributed by atoms with Crippen LogP contribution >= 0.6 is 11.3 Å². The van der Waals surface area contributed by atoms with Crippen molar-refractivity contribution >= 4 is 34.7 Å². The molecule has 0 aromatic carbocycles. The Morgan fingerprint density at radius 2 is 2.32 bits per heavy atom. The largest absolute Gasteiger partial charge is 0.483 e. The van der Waals surface area contributed by atoms with Gasteiger partial charge in [0.15, 0.2) is 5.13 Å². The molecule has 0 aliphatic carbocycles. The minimum atomic E-state index is -0.286. The van der Waals surface area contributed by atoms with Gasteiger partial charge in [-0.1, -0.05) is 0 Å². The summed E-state index contributed by atoms with van der Waals surface area (Å²) in [7, 11) is 0. The third kappa shape index (κ3) is 5.76. The number of amides is 1. The number of rotatable bonds is 5. The highest BCUT2D eigenvalue weighted by Gasteiger charge is 2.26. The first-order chi connectivity index (χ1) is 12.0. The molecule has 0 spiro atoms. The first-order valence-corrected chi connectivity index (χ1v) is 8.50. The normalized spacial score (nSPS) is 16.8. The summed E-state index contributed by atoms with van der Waals surface area (Å²) in [5.74, 6) is 1.50. The van der Waals surface area contributed by atoms with Crippen LogP contribution in [-0.4, -0.2) is 57.0 Å². The highest BCUT2D eigenvalue weighted by atomic mass is 32.1. The molecular formula is C15H20N6O3S. The zero-order chi connectivity index (χ0) is 18.2. The van der Waals surface area contributed by atoms with Crippen molar-refractivity contribution in [2.24, 2.45) is 5.73 Å². The van der Waals surface area contributed by atoms with Crippen LogP contribution in [0.4, 0.5) is 10.9 Å². The van der Waals surface area contributed by atoms with E-state index < -0.39 is 0 Å². The zero-order valence-corrected chi connectivity index (χ0v) is 14.6. The van der Waals surface area contributed by atoms with Gasteiger partial charge in [0.25, 0.3) is 6.47 Å². The number of nitrogens with one attached hydrogen (secondary N) is 1. The van der Waals surface area contributed by atoms with Gasteiger partial charge in [0, 0.05) is 30.1 Å². The Kier molecular flexibility index (Phi) is 6.78. The van der Waals surface area contributed by atoms with Crippen LogP contribution in [0.25, 0.3) is 0 Å². The van der Waals surface area contributed by atoms with Crippen molar-refractivity contribution in [1.82, 2.24) is 19.9 Å². The number of anilines is 2. The molecular weight excluding hydrogens is 344 g/mol. The lowest BCUT2D eigenvalue weighted by Crippen LogP contribution is -2.31. The highest BCUT2D eigenvalue weighted by Crippen LogP contribution is 2.27. The van der Waals surface area contributed by atoms with Crippen LogP contribution in [0, 0.1) is 6.92 Å². The highest BCUT2D eigenvalue weighted by molar-refractivity contribution is 7.13. The van der Waals surface area contributed by atoms with E-state index in [2.05, 4.69) is 25.2 Å². The lowest BCUT2D eigenvalue weighted by molar-refractivity contribution is -0.123. The third-order valence-electron chi connectivity index (χ3n) is 3.60. The molecule has 2 aromatic rings. The van der Waals surface area contributed by atoms with Crippen LogP contribution in [-0.2, 0) is 9.59 Å². The van der Waals surface area contributed by atoms with Crippen LogP contribution in [0.2, 0.25) is 0 Å². The Balaban J connectivity index is 0.000000701. The molecule has 9 nitrogen and oxygen atoms in total. The van der Waals surface area contributed by atoms with Crippen molar-refractivity contribution in [3.8, 4) is 0 Å². The SMILES string of the molecule is Cc1nc(Nc2nccs2)cc(C2CCN(CC(N)=O)C2)n1.O=CO. The van der Waals surface area contributed by atoms with Crippen LogP contribution in [0.5, 0.6) is 0 Å². The zero-order valence-electron chi connectivity index (χ0n) is 13.8. The maximum absolute atomic E-state index is 11.0. The molecule has 10 heteroatoms. The quantitative estimate of drug-likeness (QED) is 0.668. The van der Waals surface area contributed by atoms with Crippen LogP contribution in [0.1, 0.15) is 23.9 Å². The number of carbonyl (C=O) groups is 2. The Morgan fingerprint density at radius 3 is 2.96 bits per heavy atom. The molecule has 0 radical (unpaired) electrons. The second-order valence-electron chi connectivity index (χ2n) is 5.48. The van der Waals surface area contributed by atoms with E-state index in [0.717, 1.165) is 42.0 Å². The molecule has 2 aromatic heterocycles. The van der Waals surface area contributed by atoms with Gasteiger partial charge in [-0.25, -0.2) is 15.0 Å². The summed E-state index contributed by atoms with van der Waals surface area (Å²) < 4.78 is 0. The standard InChI is InChI=1S/C14H18N6OS.CH2O2/c1-9-17-11(10-2-4-20(7-10)8-12(15)21)6-13(18-9)19-14-16-3-5-22-14;2-1-3/h3,5-6,10H,2,4,7-8H2,1H3,(H2,15,21)(H,16,17,18,19);1H,(H,2,3). The van der Waals surface area contributed by atoms with Gasteiger partial charge in [-0.2, -0.15) is 0 Å². The molecule has 4 N–H and O–H groups in total. The molecule has 134 valence electrons. The van der Waals surface area contributed by atoms with Gasteiger partial charge in [0.05, 0.1) is 12.2 Å². The van der Waals surface area contributed by atoms with Gasteiger partial charge in [-0.05, 0) is 19.9 Å². The summed E-state index contributed by atoms with van der Waals surface area (Å²) in [6.45, 7) is 3.61. The van der Waals surface area contributed by atoms with E-state index in [1.165, 1.54) is 11.3 Å². The molecule has 1 fully saturated rings. The lowest BCUT2D eigenvalue weighted by Gasteiger charge is -2.14. The third-order valence-corrected chi connectivity index (χ3v) is 4.28. The van der Waals surface area contributed by atoms with E-state index in [-0.39, 0.29) is 12.4 Å². The molecule has 1 atom stereocenters. The minimum Gasteiger partial charge on any atom is -0.483 e. The summed E-state index contributed by atoms with van der Waals surface area (Å²) in [5, 5.41) is 12.8. The van der Waals surface area contributed by atoms with Crippen molar-refractivity contribution in [2.75, 3.05) is 25.0 Å². The first kappa shape index (κ1) is 18.7. The Hall–Kier alpha value is -2.59. The fourth-order valence-corrected chi connectivity index (χ4v) is 3.23. The molecule has 1 unspecified atom stereocenters. The molecule has 1 amide bonds. The smallest absolute Gasteiger partial charge is 0.290 e. The fourth-order valence-electron chi connectivity index (χ4n) is 2.70. The number of carboxylic acid groups (broad SMARTS) is 1. The van der Waals surface area contributed by atoms with Crippen molar-refractivity contribution in [2.45, 2.75) is 19.3 Å². The Morgan fingerprint density at radius 1 is 1.56 bits per heavy atom. The Labute approximate surface area is 148 Å². The van der Waals surface area contributed by atoms with Crippen LogP contribution in [0.15, 0.2) is 17.6 Å². The number of hydrogen-bond acceptors (Lipinski definition) is 8. The predicted octanol–water partition coefficient (Wildman–Crippen LogP) is 0.961. The topological polar surface area (TPSA) is 134 Å². The second-order valence-corrected chi connectivity index (χ2v) is 6.37. The van der Waals surface area contributed by atoms with Crippen LogP contribution in [0.3, 0.4) is 0 Å². The molecule has 1 aliphatic heterocycles. The van der Waals surface area contributed by atoms with E-state index in [9.17, 15) is 4.79 Å². The monoisotopic (exact) mass is 364 g/mol. The fraction of sp³-hybridized carbons (Fsp3) is 0.400. The molecule has 3 heterocycles. The summed E-state index contributed by atoms with van der Waals surface area (Å²) >= 11 is 1.53. The molecule has 3 rings (SSSR count). The molecule has 1 saturated heterocycles. The average Bonchev–Trinajstić information content (AvgIpc) is 3.19. The Bertz CT molecular complexity index is 709. The van der Waals surface area contributed by atoms with Crippen molar-refractivity contribution < 1.29 is 14.7 Å². The van der Waals surface area contributed by atoms with Crippen molar-refractivity contribution in [3.63, 3.8) is 0 Å². The molecule has 25 heavy (non-hydrogen) atoms. The molecule has 0 saturated carbocycles.